The molecule has 8 aromatic heterocycles. The van der Waals surface area contributed by atoms with E-state index in [-0.39, 0.29) is 0 Å². The van der Waals surface area contributed by atoms with Crippen LogP contribution in [0.1, 0.15) is 0 Å². The molecule has 478 valence electrons. The number of rotatable bonds is 5. The SMILES string of the molecule is c1ccc2c(c1)oc1ccc(-c3ncc4c(n3)c3nc(-c5ccc6oc7cc(-c8ccc9c(c8)sc8ccc(-c%10ncc%11c(n%10)c%10nc(-c%12ccc%13sc%14ccccc%14c%13c%12)ncc%10c%10c%12ccccc%12c%12ccccc%12c%11%10)cc89)ccc7c6c5)ncc3c3c5ccccc5c5ccccc5c43)cc12. The number of fused-ring (bicyclic) bond motifs is 34. The normalized spacial score (nSPS) is 12.4. The average Bonchev–Trinajstić information content (AvgIpc) is 1.35. The van der Waals surface area contributed by atoms with Crippen LogP contribution < -0.4 is 0 Å². The first-order chi connectivity index (χ1) is 51.5. The van der Waals surface area contributed by atoms with Gasteiger partial charge < -0.3 is 8.83 Å². The number of nitrogens with zero attached hydrogens (tertiary/aromatic N) is 8. The number of para-hydroxylation sites is 1. The molecule has 24 aromatic rings. The Balaban J connectivity index is 0.605. The molecule has 12 heteroatoms. The molecule has 0 bridgehead atoms. The third-order valence-corrected chi connectivity index (χ3v) is 23.9. The molecule has 0 N–H and O–H groups in total. The highest BCUT2D eigenvalue weighted by Crippen LogP contribution is 2.48. The Hall–Kier alpha value is -13.5. The van der Waals surface area contributed by atoms with Gasteiger partial charge in [0.25, 0.3) is 0 Å². The molecule has 0 spiro atoms. The minimum Gasteiger partial charge on any atom is -0.456 e. The molecule has 0 aliphatic rings. The Labute approximate surface area is 596 Å². The summed E-state index contributed by atoms with van der Waals surface area (Å²) in [6.07, 6.45) is 8.02. The van der Waals surface area contributed by atoms with Gasteiger partial charge in [-0.1, -0.05) is 152 Å². The number of aromatic nitrogens is 8. The minimum atomic E-state index is 0.586. The summed E-state index contributed by atoms with van der Waals surface area (Å²) in [6.45, 7) is 0. The number of hydrogen-bond donors (Lipinski definition) is 0. The standard InChI is InChI=1S/C92H46N8O2S2/c1-5-19-61-53(13-1)54-14-2-6-20-62(54)82-70-44-94-90(98-86(70)85-69(81(61)82)43-93-89(97-85)49-27-33-74-65(37-49)57-17-9-11-23-73(57)101-74)50-28-34-75-66(38-50)58-31-25-47(41-76(58)102-75)48-26-32-60-68-40-52(30-36-79(68)104-80(60)42-48)92-96-46-72-84-64-22-8-4-16-56(64)55-15-3-7-21-63(55)83(84)71-45-95-91(99-87(71)88(72)100-92)51-29-35-78-67(39-51)59-18-10-12-24-77(59)103-78/h1-46H. The van der Waals surface area contributed by atoms with Crippen LogP contribution in [0.15, 0.2) is 288 Å². The third-order valence-electron chi connectivity index (χ3n) is 21.6. The first kappa shape index (κ1) is 56.3. The van der Waals surface area contributed by atoms with Crippen molar-refractivity contribution >= 4 is 215 Å². The van der Waals surface area contributed by atoms with Crippen LogP contribution in [-0.2, 0) is 0 Å². The Bertz CT molecular complexity index is 7560. The van der Waals surface area contributed by atoms with Crippen LogP contribution in [0.25, 0.3) is 249 Å². The quantitative estimate of drug-likeness (QED) is 0.154. The molecule has 0 radical (unpaired) electrons. The second-order valence-electron chi connectivity index (χ2n) is 27.2. The van der Waals surface area contributed by atoms with E-state index in [9.17, 15) is 0 Å². The first-order valence-corrected chi connectivity index (χ1v) is 36.3. The van der Waals surface area contributed by atoms with Gasteiger partial charge in [0, 0.05) is 152 Å². The molecular formula is C92H46N8O2S2. The van der Waals surface area contributed by atoms with E-state index in [1.165, 1.54) is 56.5 Å². The van der Waals surface area contributed by atoms with Crippen LogP contribution in [0.5, 0.6) is 0 Å². The topological polar surface area (TPSA) is 129 Å². The summed E-state index contributed by atoms with van der Waals surface area (Å²) >= 11 is 3.60. The summed E-state index contributed by atoms with van der Waals surface area (Å²) in [6, 6.07) is 90.3. The maximum absolute atomic E-state index is 6.73. The smallest absolute Gasteiger partial charge is 0.159 e. The van der Waals surface area contributed by atoms with Gasteiger partial charge in [0.2, 0.25) is 0 Å². The van der Waals surface area contributed by atoms with E-state index >= 15 is 0 Å². The minimum absolute atomic E-state index is 0.586. The highest BCUT2D eigenvalue weighted by atomic mass is 32.1. The molecule has 0 unspecified atom stereocenters. The summed E-state index contributed by atoms with van der Waals surface area (Å²) in [5.74, 6) is 2.47. The molecule has 0 fully saturated rings. The molecule has 0 amide bonds. The fourth-order valence-corrected chi connectivity index (χ4v) is 19.1. The van der Waals surface area contributed by atoms with Gasteiger partial charge in [0.1, 0.15) is 44.4 Å². The molecule has 10 nitrogen and oxygen atoms in total. The summed E-state index contributed by atoms with van der Waals surface area (Å²) in [4.78, 5) is 42.8. The predicted molar refractivity (Wildman–Crippen MR) is 431 cm³/mol. The summed E-state index contributed by atoms with van der Waals surface area (Å²) < 4.78 is 17.8. The lowest BCUT2D eigenvalue weighted by Crippen LogP contribution is -1.97. The zero-order valence-electron chi connectivity index (χ0n) is 54.8. The second-order valence-corrected chi connectivity index (χ2v) is 29.3. The van der Waals surface area contributed by atoms with E-state index in [1.54, 1.807) is 11.3 Å². The van der Waals surface area contributed by atoms with Crippen molar-refractivity contribution in [1.82, 2.24) is 39.9 Å². The number of furan rings is 2. The molecule has 8 heterocycles. The Morgan fingerprint density at radius 1 is 0.192 bits per heavy atom. The maximum atomic E-state index is 6.73. The first-order valence-electron chi connectivity index (χ1n) is 34.6. The Morgan fingerprint density at radius 2 is 0.500 bits per heavy atom. The third kappa shape index (κ3) is 8.02. The van der Waals surface area contributed by atoms with Crippen molar-refractivity contribution in [3.8, 4) is 56.7 Å². The van der Waals surface area contributed by atoms with Crippen LogP contribution >= 0.6 is 22.7 Å². The van der Waals surface area contributed by atoms with Gasteiger partial charge in [-0.05, 0) is 157 Å². The van der Waals surface area contributed by atoms with E-state index in [4.69, 9.17) is 48.7 Å². The van der Waals surface area contributed by atoms with E-state index in [2.05, 4.69) is 218 Å². The van der Waals surface area contributed by atoms with Crippen molar-refractivity contribution in [2.24, 2.45) is 0 Å². The van der Waals surface area contributed by atoms with Gasteiger partial charge in [-0.3, -0.25) is 0 Å². The van der Waals surface area contributed by atoms with Gasteiger partial charge >= 0.3 is 0 Å². The van der Waals surface area contributed by atoms with Crippen molar-refractivity contribution in [3.05, 3.63) is 280 Å². The summed E-state index contributed by atoms with van der Waals surface area (Å²) in [5, 5.41) is 26.1. The lowest BCUT2D eigenvalue weighted by Gasteiger charge is -2.16. The molecule has 0 aliphatic carbocycles. The van der Waals surface area contributed by atoms with Crippen molar-refractivity contribution in [2.75, 3.05) is 0 Å². The molecule has 24 rings (SSSR count). The Morgan fingerprint density at radius 3 is 0.962 bits per heavy atom. The lowest BCUT2D eigenvalue weighted by atomic mass is 9.90. The largest absolute Gasteiger partial charge is 0.456 e. The van der Waals surface area contributed by atoms with Gasteiger partial charge in [0.05, 0.1) is 0 Å². The lowest BCUT2D eigenvalue weighted by molar-refractivity contribution is 0.668. The molecule has 104 heavy (non-hydrogen) atoms. The van der Waals surface area contributed by atoms with E-state index < -0.39 is 0 Å². The summed E-state index contributed by atoms with van der Waals surface area (Å²) in [7, 11) is 0. The van der Waals surface area contributed by atoms with Gasteiger partial charge in [0.15, 0.2) is 23.3 Å². The van der Waals surface area contributed by atoms with Crippen LogP contribution in [0, 0.1) is 0 Å². The zero-order chi connectivity index (χ0) is 67.6. The fourth-order valence-electron chi connectivity index (χ4n) is 16.9. The van der Waals surface area contributed by atoms with E-state index in [0.29, 0.717) is 23.3 Å². The molecule has 0 saturated heterocycles. The number of hydrogen-bond acceptors (Lipinski definition) is 12. The van der Waals surface area contributed by atoms with Crippen LogP contribution in [0.3, 0.4) is 0 Å². The molecule has 0 saturated carbocycles. The number of thiophene rings is 2. The van der Waals surface area contributed by atoms with E-state index in [1.807, 2.05) is 72.5 Å². The highest BCUT2D eigenvalue weighted by Gasteiger charge is 2.25. The van der Waals surface area contributed by atoms with Crippen molar-refractivity contribution in [3.63, 3.8) is 0 Å². The van der Waals surface area contributed by atoms with Gasteiger partial charge in [-0.15, -0.1) is 22.7 Å². The fraction of sp³-hybridized carbons (Fsp3) is 0. The maximum Gasteiger partial charge on any atom is 0.159 e. The zero-order valence-corrected chi connectivity index (χ0v) is 56.4. The van der Waals surface area contributed by atoms with Crippen LogP contribution in [0.4, 0.5) is 0 Å². The Kier molecular flexibility index (Phi) is 11.4. The van der Waals surface area contributed by atoms with Crippen LogP contribution in [-0.4, -0.2) is 39.9 Å². The van der Waals surface area contributed by atoms with Crippen molar-refractivity contribution in [2.45, 2.75) is 0 Å². The van der Waals surface area contributed by atoms with E-state index in [0.717, 1.165) is 169 Å². The summed E-state index contributed by atoms with van der Waals surface area (Å²) in [5.41, 5.74) is 12.1. The average molecular weight is 1360 g/mol. The van der Waals surface area contributed by atoms with Gasteiger partial charge in [-0.25, -0.2) is 39.9 Å². The predicted octanol–water partition coefficient (Wildman–Crippen LogP) is 25.2. The van der Waals surface area contributed by atoms with Gasteiger partial charge in [-0.2, -0.15) is 0 Å². The monoisotopic (exact) mass is 1360 g/mol. The molecule has 16 aromatic carbocycles. The molecule has 0 aliphatic heterocycles. The molecule has 0 atom stereocenters. The van der Waals surface area contributed by atoms with Crippen molar-refractivity contribution < 1.29 is 8.83 Å². The highest BCUT2D eigenvalue weighted by molar-refractivity contribution is 7.26. The van der Waals surface area contributed by atoms with Crippen LogP contribution in [0.2, 0.25) is 0 Å². The molecular weight excluding hydrogens is 1310 g/mol. The van der Waals surface area contributed by atoms with Crippen molar-refractivity contribution in [1.29, 1.82) is 0 Å². The number of benzene rings is 16. The second kappa shape index (κ2) is 21.0.